The maximum Gasteiger partial charge on any atom is 0.220 e. The fraction of sp³-hybridized carbons (Fsp3) is 0.412. The number of aromatic nitrogens is 1. The molecule has 4 heteroatoms. The third kappa shape index (κ3) is 4.97. The Morgan fingerprint density at radius 3 is 2.52 bits per heavy atom. The van der Waals surface area contributed by atoms with E-state index in [1.165, 1.54) is 16.0 Å². The van der Waals surface area contributed by atoms with Gasteiger partial charge in [-0.05, 0) is 30.9 Å². The highest BCUT2D eigenvalue weighted by molar-refractivity contribution is 7.09. The zero-order valence-corrected chi connectivity index (χ0v) is 13.5. The number of thiazole rings is 1. The van der Waals surface area contributed by atoms with E-state index in [0.717, 1.165) is 25.0 Å². The summed E-state index contributed by atoms with van der Waals surface area (Å²) >= 11 is 1.65. The fourth-order valence-electron chi connectivity index (χ4n) is 2.17. The maximum atomic E-state index is 11.8. The minimum Gasteiger partial charge on any atom is -0.356 e. The summed E-state index contributed by atoms with van der Waals surface area (Å²) in [5.74, 6) is 0.122. The topological polar surface area (TPSA) is 42.0 Å². The molecule has 0 spiro atoms. The second kappa shape index (κ2) is 7.93. The van der Waals surface area contributed by atoms with Crippen molar-refractivity contribution in [1.82, 2.24) is 10.3 Å². The number of nitrogens with zero attached hydrogens (tertiary/aromatic N) is 1. The van der Waals surface area contributed by atoms with Crippen LogP contribution in [0.2, 0.25) is 0 Å². The molecular formula is C17H22N2OS. The molecule has 2 rings (SSSR count). The molecule has 3 nitrogen and oxygen atoms in total. The van der Waals surface area contributed by atoms with Crippen LogP contribution in [0.5, 0.6) is 0 Å². The van der Waals surface area contributed by atoms with Gasteiger partial charge in [-0.15, -0.1) is 11.3 Å². The van der Waals surface area contributed by atoms with Crippen molar-refractivity contribution in [1.29, 1.82) is 0 Å². The van der Waals surface area contributed by atoms with Gasteiger partial charge in [0.05, 0.1) is 11.2 Å². The van der Waals surface area contributed by atoms with E-state index in [4.69, 9.17) is 0 Å². The largest absolute Gasteiger partial charge is 0.356 e. The van der Waals surface area contributed by atoms with Crippen LogP contribution in [-0.2, 0) is 24.1 Å². The molecule has 1 aromatic heterocycles. The van der Waals surface area contributed by atoms with Crippen molar-refractivity contribution in [3.8, 4) is 0 Å². The van der Waals surface area contributed by atoms with E-state index in [0.29, 0.717) is 13.0 Å². The van der Waals surface area contributed by atoms with Gasteiger partial charge in [0.1, 0.15) is 0 Å². The highest BCUT2D eigenvalue weighted by atomic mass is 32.1. The predicted octanol–water partition coefficient (Wildman–Crippen LogP) is 3.31. The van der Waals surface area contributed by atoms with E-state index in [2.05, 4.69) is 41.5 Å². The Hall–Kier alpha value is -1.68. The maximum absolute atomic E-state index is 11.8. The lowest BCUT2D eigenvalue weighted by atomic mass is 10.1. The van der Waals surface area contributed by atoms with E-state index in [-0.39, 0.29) is 5.91 Å². The van der Waals surface area contributed by atoms with E-state index in [9.17, 15) is 4.79 Å². The summed E-state index contributed by atoms with van der Waals surface area (Å²) in [6.07, 6.45) is 3.27. The first-order valence-electron chi connectivity index (χ1n) is 7.42. The van der Waals surface area contributed by atoms with Crippen molar-refractivity contribution >= 4 is 17.2 Å². The Morgan fingerprint density at radius 2 is 1.90 bits per heavy atom. The second-order valence-electron chi connectivity index (χ2n) is 5.13. The molecule has 0 atom stereocenters. The van der Waals surface area contributed by atoms with Gasteiger partial charge in [0.25, 0.3) is 0 Å². The Labute approximate surface area is 130 Å². The molecule has 1 heterocycles. The van der Waals surface area contributed by atoms with E-state index in [1.807, 2.05) is 12.4 Å². The number of carbonyl (C=O) groups is 1. The lowest BCUT2D eigenvalue weighted by molar-refractivity contribution is -0.121. The average Bonchev–Trinajstić information content (AvgIpc) is 2.91. The van der Waals surface area contributed by atoms with Crippen molar-refractivity contribution in [2.75, 3.05) is 6.54 Å². The van der Waals surface area contributed by atoms with Gasteiger partial charge in [-0.25, -0.2) is 4.98 Å². The van der Waals surface area contributed by atoms with E-state index in [1.54, 1.807) is 11.3 Å². The molecule has 0 aliphatic heterocycles. The lowest BCUT2D eigenvalue weighted by Gasteiger charge is -2.05. The van der Waals surface area contributed by atoms with Gasteiger partial charge in [-0.2, -0.15) is 0 Å². The summed E-state index contributed by atoms with van der Waals surface area (Å²) < 4.78 is 0. The summed E-state index contributed by atoms with van der Waals surface area (Å²) in [4.78, 5) is 17.3. The van der Waals surface area contributed by atoms with Crippen LogP contribution in [0.3, 0.4) is 0 Å². The molecule has 0 fully saturated rings. The van der Waals surface area contributed by atoms with Gasteiger partial charge >= 0.3 is 0 Å². The summed E-state index contributed by atoms with van der Waals surface area (Å²) in [6, 6.07) is 8.51. The monoisotopic (exact) mass is 302 g/mol. The van der Waals surface area contributed by atoms with Gasteiger partial charge in [0.2, 0.25) is 5.91 Å². The normalized spacial score (nSPS) is 10.6. The second-order valence-corrected chi connectivity index (χ2v) is 6.07. The minimum absolute atomic E-state index is 0.122. The molecule has 1 amide bonds. The number of rotatable bonds is 7. The average molecular weight is 302 g/mol. The van der Waals surface area contributed by atoms with Gasteiger partial charge in [-0.3, -0.25) is 4.79 Å². The SMILES string of the molecule is CCc1ccc(CCC(=O)NCCc2scnc2C)cc1. The number of benzene rings is 1. The lowest BCUT2D eigenvalue weighted by Crippen LogP contribution is -2.25. The van der Waals surface area contributed by atoms with E-state index >= 15 is 0 Å². The van der Waals surface area contributed by atoms with Crippen LogP contribution < -0.4 is 5.32 Å². The number of carbonyl (C=O) groups excluding carboxylic acids is 1. The van der Waals surface area contributed by atoms with Crippen LogP contribution in [0.15, 0.2) is 29.8 Å². The third-order valence-corrected chi connectivity index (χ3v) is 4.59. The third-order valence-electron chi connectivity index (χ3n) is 3.59. The van der Waals surface area contributed by atoms with Gasteiger partial charge in [0.15, 0.2) is 0 Å². The molecule has 0 bridgehead atoms. The summed E-state index contributed by atoms with van der Waals surface area (Å²) in [5.41, 5.74) is 5.49. The standard InChI is InChI=1S/C17H22N2OS/c1-3-14-4-6-15(7-5-14)8-9-17(20)18-11-10-16-13(2)19-12-21-16/h4-7,12H,3,8-11H2,1-2H3,(H,18,20). The molecule has 0 aliphatic rings. The van der Waals surface area contributed by atoms with Crippen molar-refractivity contribution < 1.29 is 4.79 Å². The van der Waals surface area contributed by atoms with Crippen molar-refractivity contribution in [2.24, 2.45) is 0 Å². The Kier molecular flexibility index (Phi) is 5.93. The Morgan fingerprint density at radius 1 is 1.19 bits per heavy atom. The molecule has 0 unspecified atom stereocenters. The van der Waals surface area contributed by atoms with Gasteiger partial charge in [0, 0.05) is 24.3 Å². The zero-order valence-electron chi connectivity index (χ0n) is 12.7. The molecule has 2 aromatic rings. The molecule has 112 valence electrons. The van der Waals surface area contributed by atoms with Crippen LogP contribution in [0, 0.1) is 6.92 Å². The molecule has 0 aliphatic carbocycles. The van der Waals surface area contributed by atoms with Crippen molar-refractivity contribution in [3.63, 3.8) is 0 Å². The van der Waals surface area contributed by atoms with Crippen LogP contribution in [0.25, 0.3) is 0 Å². The molecule has 0 saturated heterocycles. The minimum atomic E-state index is 0.122. The quantitative estimate of drug-likeness (QED) is 0.852. The number of hydrogen-bond acceptors (Lipinski definition) is 3. The molecule has 1 aromatic carbocycles. The number of aryl methyl sites for hydroxylation is 3. The summed E-state index contributed by atoms with van der Waals surface area (Å²) in [6.45, 7) is 4.84. The molecule has 21 heavy (non-hydrogen) atoms. The summed E-state index contributed by atoms with van der Waals surface area (Å²) in [7, 11) is 0. The highest BCUT2D eigenvalue weighted by Crippen LogP contribution is 2.12. The first-order valence-corrected chi connectivity index (χ1v) is 8.30. The van der Waals surface area contributed by atoms with Gasteiger partial charge in [-0.1, -0.05) is 31.2 Å². The number of nitrogens with one attached hydrogen (secondary N) is 1. The number of hydrogen-bond donors (Lipinski definition) is 1. The van der Waals surface area contributed by atoms with Gasteiger partial charge < -0.3 is 5.32 Å². The first kappa shape index (κ1) is 15.7. The highest BCUT2D eigenvalue weighted by Gasteiger charge is 2.04. The van der Waals surface area contributed by atoms with Crippen LogP contribution >= 0.6 is 11.3 Å². The predicted molar refractivity (Wildman–Crippen MR) is 87.7 cm³/mol. The van der Waals surface area contributed by atoms with Crippen molar-refractivity contribution in [3.05, 3.63) is 51.5 Å². The molecule has 1 N–H and O–H groups in total. The van der Waals surface area contributed by atoms with Crippen LogP contribution in [0.1, 0.15) is 35.0 Å². The zero-order chi connectivity index (χ0) is 15.1. The Bertz CT molecular complexity index is 575. The molecule has 0 radical (unpaired) electrons. The summed E-state index contributed by atoms with van der Waals surface area (Å²) in [5, 5.41) is 2.98. The van der Waals surface area contributed by atoms with Crippen LogP contribution in [0.4, 0.5) is 0 Å². The van der Waals surface area contributed by atoms with E-state index < -0.39 is 0 Å². The van der Waals surface area contributed by atoms with Crippen LogP contribution in [-0.4, -0.2) is 17.4 Å². The molecular weight excluding hydrogens is 280 g/mol. The first-order chi connectivity index (χ1) is 10.2. The number of amides is 1. The Balaban J connectivity index is 1.68. The van der Waals surface area contributed by atoms with Crippen molar-refractivity contribution in [2.45, 2.75) is 39.5 Å². The smallest absolute Gasteiger partial charge is 0.220 e. The fourth-order valence-corrected chi connectivity index (χ4v) is 2.95. The molecule has 0 saturated carbocycles.